The van der Waals surface area contributed by atoms with Crippen LogP contribution in [0, 0.1) is 0 Å². The topological polar surface area (TPSA) is 77.4 Å². The van der Waals surface area contributed by atoms with Gasteiger partial charge in [-0.2, -0.15) is 0 Å². The molecule has 2 aromatic carbocycles. The van der Waals surface area contributed by atoms with Gasteiger partial charge < -0.3 is 29.2 Å². The van der Waals surface area contributed by atoms with Crippen LogP contribution in [0.4, 0.5) is 0 Å². The summed E-state index contributed by atoms with van der Waals surface area (Å²) in [5.41, 5.74) is 1.40. The van der Waals surface area contributed by atoms with E-state index in [2.05, 4.69) is 0 Å². The molecular formula is C18H22O6. The summed E-state index contributed by atoms with van der Waals surface area (Å²) in [6.07, 6.45) is 0. The van der Waals surface area contributed by atoms with Gasteiger partial charge in [0.15, 0.2) is 23.0 Å². The average Bonchev–Trinajstić information content (AvgIpc) is 2.61. The van der Waals surface area contributed by atoms with E-state index in [4.69, 9.17) is 18.9 Å². The van der Waals surface area contributed by atoms with Crippen LogP contribution in [-0.4, -0.2) is 38.7 Å². The lowest BCUT2D eigenvalue weighted by atomic mass is 9.91. The number of ether oxygens (including phenoxy) is 4. The lowest BCUT2D eigenvalue weighted by molar-refractivity contribution is 0.323. The molecule has 2 rings (SSSR count). The van der Waals surface area contributed by atoms with E-state index >= 15 is 0 Å². The third-order valence-corrected chi connectivity index (χ3v) is 4.02. The molecule has 2 aromatic rings. The van der Waals surface area contributed by atoms with Crippen LogP contribution >= 0.6 is 0 Å². The summed E-state index contributed by atoms with van der Waals surface area (Å²) in [7, 11) is 6.05. The third-order valence-electron chi connectivity index (χ3n) is 4.02. The van der Waals surface area contributed by atoms with Crippen molar-refractivity contribution >= 4 is 0 Å². The van der Waals surface area contributed by atoms with Crippen molar-refractivity contribution in [3.8, 4) is 34.5 Å². The normalized spacial score (nSPS) is 11.7. The summed E-state index contributed by atoms with van der Waals surface area (Å²) in [5, 5.41) is 20.3. The summed E-state index contributed by atoms with van der Waals surface area (Å²) in [6, 6.07) is 6.94. The van der Waals surface area contributed by atoms with Gasteiger partial charge >= 0.3 is 0 Å². The van der Waals surface area contributed by atoms with Crippen LogP contribution in [-0.2, 0) is 0 Å². The van der Waals surface area contributed by atoms with Gasteiger partial charge in [-0.1, -0.05) is 13.0 Å². The Kier molecular flexibility index (Phi) is 5.28. The fourth-order valence-electron chi connectivity index (χ4n) is 2.62. The monoisotopic (exact) mass is 334 g/mol. The zero-order valence-electron chi connectivity index (χ0n) is 14.4. The number of phenolic OH excluding ortho intramolecular Hbond substituents is 2. The van der Waals surface area contributed by atoms with E-state index in [1.165, 1.54) is 14.2 Å². The van der Waals surface area contributed by atoms with E-state index in [0.29, 0.717) is 22.8 Å². The molecule has 0 saturated heterocycles. The molecule has 0 bridgehead atoms. The Balaban J connectivity index is 2.54. The lowest BCUT2D eigenvalue weighted by Crippen LogP contribution is -2.01. The summed E-state index contributed by atoms with van der Waals surface area (Å²) < 4.78 is 21.0. The molecule has 0 aliphatic heterocycles. The largest absolute Gasteiger partial charge is 0.504 e. The molecule has 1 unspecified atom stereocenters. The van der Waals surface area contributed by atoms with Crippen molar-refractivity contribution in [3.05, 3.63) is 35.4 Å². The van der Waals surface area contributed by atoms with Gasteiger partial charge in [0.2, 0.25) is 11.5 Å². The number of phenols is 2. The van der Waals surface area contributed by atoms with Crippen molar-refractivity contribution in [2.75, 3.05) is 28.4 Å². The van der Waals surface area contributed by atoms with E-state index in [1.54, 1.807) is 26.4 Å². The first-order valence-corrected chi connectivity index (χ1v) is 7.37. The molecule has 1 atom stereocenters. The van der Waals surface area contributed by atoms with Crippen molar-refractivity contribution in [1.82, 2.24) is 0 Å². The zero-order chi connectivity index (χ0) is 17.9. The van der Waals surface area contributed by atoms with Gasteiger partial charge in [-0.25, -0.2) is 0 Å². The maximum atomic E-state index is 10.3. The molecule has 0 aromatic heterocycles. The van der Waals surface area contributed by atoms with Crippen LogP contribution in [0.5, 0.6) is 34.5 Å². The predicted molar refractivity (Wildman–Crippen MR) is 89.9 cm³/mol. The summed E-state index contributed by atoms with van der Waals surface area (Å²) >= 11 is 0. The molecule has 0 amide bonds. The summed E-state index contributed by atoms with van der Waals surface area (Å²) in [4.78, 5) is 0. The van der Waals surface area contributed by atoms with Gasteiger partial charge in [-0.05, 0) is 23.8 Å². The van der Waals surface area contributed by atoms with Crippen molar-refractivity contribution in [1.29, 1.82) is 0 Å². The number of benzene rings is 2. The third kappa shape index (κ3) is 2.99. The molecule has 0 fully saturated rings. The molecule has 6 heteroatoms. The highest BCUT2D eigenvalue weighted by molar-refractivity contribution is 5.59. The van der Waals surface area contributed by atoms with Gasteiger partial charge in [-0.3, -0.25) is 0 Å². The van der Waals surface area contributed by atoms with E-state index in [1.807, 2.05) is 19.1 Å². The molecule has 2 N–H and O–H groups in total. The van der Waals surface area contributed by atoms with E-state index in [9.17, 15) is 10.2 Å². The summed E-state index contributed by atoms with van der Waals surface area (Å²) in [6.45, 7) is 1.90. The maximum absolute atomic E-state index is 10.3. The molecule has 0 saturated carbocycles. The average molecular weight is 334 g/mol. The molecule has 0 aliphatic rings. The van der Waals surface area contributed by atoms with Gasteiger partial charge in [0.1, 0.15) is 0 Å². The highest BCUT2D eigenvalue weighted by Gasteiger charge is 2.21. The van der Waals surface area contributed by atoms with E-state index in [-0.39, 0.29) is 23.2 Å². The fourth-order valence-corrected chi connectivity index (χ4v) is 2.62. The van der Waals surface area contributed by atoms with Gasteiger partial charge in [0.05, 0.1) is 28.4 Å². The molecule has 24 heavy (non-hydrogen) atoms. The van der Waals surface area contributed by atoms with Gasteiger partial charge in [-0.15, -0.1) is 0 Å². The van der Waals surface area contributed by atoms with Crippen LogP contribution in [0.3, 0.4) is 0 Å². The Morgan fingerprint density at radius 2 is 1.29 bits per heavy atom. The molecule has 0 spiro atoms. The predicted octanol–water partition coefficient (Wildman–Crippen LogP) is 3.28. The first-order chi connectivity index (χ1) is 11.5. The molecule has 0 radical (unpaired) electrons. The number of methoxy groups -OCH3 is 4. The van der Waals surface area contributed by atoms with Crippen LogP contribution < -0.4 is 18.9 Å². The number of aromatic hydroxyl groups is 2. The first kappa shape index (κ1) is 17.6. The Morgan fingerprint density at radius 3 is 1.75 bits per heavy atom. The number of rotatable bonds is 6. The zero-order valence-corrected chi connectivity index (χ0v) is 14.4. The highest BCUT2D eigenvalue weighted by Crippen LogP contribution is 2.45. The molecule has 0 aliphatic carbocycles. The highest BCUT2D eigenvalue weighted by atomic mass is 16.5. The smallest absolute Gasteiger partial charge is 0.203 e. The second-order valence-electron chi connectivity index (χ2n) is 5.23. The van der Waals surface area contributed by atoms with E-state index < -0.39 is 0 Å². The second kappa shape index (κ2) is 7.21. The molecule has 130 valence electrons. The molecule has 0 heterocycles. The second-order valence-corrected chi connectivity index (χ2v) is 5.23. The standard InChI is InChI=1S/C18H22O6/c1-10(12-6-7-13(21-2)17(20)16(12)19)11-8-14(22-3)18(24-5)15(9-11)23-4/h6-10,19-20H,1-5H3. The minimum Gasteiger partial charge on any atom is -0.504 e. The lowest BCUT2D eigenvalue weighted by Gasteiger charge is -2.19. The quantitative estimate of drug-likeness (QED) is 0.790. The van der Waals surface area contributed by atoms with Gasteiger partial charge in [0.25, 0.3) is 0 Å². The number of hydrogen-bond donors (Lipinski definition) is 2. The number of hydrogen-bond acceptors (Lipinski definition) is 6. The Labute approximate surface area is 141 Å². The van der Waals surface area contributed by atoms with Crippen LogP contribution in [0.2, 0.25) is 0 Å². The minimum atomic E-state index is -0.283. The fraction of sp³-hybridized carbons (Fsp3) is 0.333. The van der Waals surface area contributed by atoms with Crippen molar-refractivity contribution in [2.45, 2.75) is 12.8 Å². The van der Waals surface area contributed by atoms with Crippen LogP contribution in [0.25, 0.3) is 0 Å². The molecular weight excluding hydrogens is 312 g/mol. The first-order valence-electron chi connectivity index (χ1n) is 7.37. The van der Waals surface area contributed by atoms with Gasteiger partial charge in [0, 0.05) is 11.5 Å². The molecule has 6 nitrogen and oxygen atoms in total. The Bertz CT molecular complexity index is 701. The SMILES string of the molecule is COc1ccc(C(C)c2cc(OC)c(OC)c(OC)c2)c(O)c1O. The Hall–Kier alpha value is -2.76. The Morgan fingerprint density at radius 1 is 0.750 bits per heavy atom. The summed E-state index contributed by atoms with van der Waals surface area (Å²) in [5.74, 6) is 1.04. The van der Waals surface area contributed by atoms with Crippen molar-refractivity contribution < 1.29 is 29.2 Å². The van der Waals surface area contributed by atoms with Crippen molar-refractivity contribution in [2.24, 2.45) is 0 Å². The maximum Gasteiger partial charge on any atom is 0.203 e. The van der Waals surface area contributed by atoms with Crippen LogP contribution in [0.15, 0.2) is 24.3 Å². The minimum absolute atomic E-state index is 0.212. The van der Waals surface area contributed by atoms with E-state index in [0.717, 1.165) is 5.56 Å². The van der Waals surface area contributed by atoms with Crippen molar-refractivity contribution in [3.63, 3.8) is 0 Å². The van der Waals surface area contributed by atoms with Crippen LogP contribution in [0.1, 0.15) is 24.0 Å².